The quantitative estimate of drug-likeness (QED) is 0.545. The molecule has 1 aromatic rings. The Morgan fingerprint density at radius 1 is 0.630 bits per heavy atom. The van der Waals surface area contributed by atoms with E-state index in [1.165, 1.54) is 0 Å². The minimum Gasteiger partial charge on any atom is -0.468 e. The van der Waals surface area contributed by atoms with Gasteiger partial charge in [-0.25, -0.2) is 0 Å². The molecule has 0 fully saturated rings. The van der Waals surface area contributed by atoms with Crippen molar-refractivity contribution >= 4 is 13.3 Å². The third kappa shape index (κ3) is 6.02. The fraction of sp³-hybridized carbons (Fsp3) is 0.500. The van der Waals surface area contributed by atoms with Crippen molar-refractivity contribution in [3.63, 3.8) is 0 Å². The molecule has 0 spiro atoms. The van der Waals surface area contributed by atoms with Gasteiger partial charge in [0, 0.05) is 0 Å². The Kier molecular flexibility index (Phi) is 6.18. The van der Waals surface area contributed by atoms with E-state index in [0.717, 1.165) is 20.0 Å². The average Bonchev–Trinajstić information content (AvgIpc) is 2.38. The van der Waals surface area contributed by atoms with Crippen LogP contribution in [0.2, 0.25) is 0 Å². The Bertz CT molecular complexity index is 618. The first kappa shape index (κ1) is 23.1. The number of hydrogen-bond donors (Lipinski definition) is 0. The van der Waals surface area contributed by atoms with E-state index in [-0.39, 0.29) is 0 Å². The zero-order valence-electron chi connectivity index (χ0n) is 12.7. The van der Waals surface area contributed by atoms with E-state index in [0.29, 0.717) is 6.07 Å². The maximum Gasteiger partial charge on any atom is 0.434 e. The van der Waals surface area contributed by atoms with E-state index < -0.39 is 53.9 Å². The second kappa shape index (κ2) is 7.22. The lowest BCUT2D eigenvalue weighted by atomic mass is 9.94. The van der Waals surface area contributed by atoms with E-state index >= 15 is 0 Å². The highest BCUT2D eigenvalue weighted by molar-refractivity contribution is 6.34. The highest BCUT2D eigenvalue weighted by Crippen LogP contribution is 2.41. The van der Waals surface area contributed by atoms with Crippen molar-refractivity contribution in [3.8, 4) is 11.5 Å². The van der Waals surface area contributed by atoms with Gasteiger partial charge in [-0.3, -0.25) is 0 Å². The van der Waals surface area contributed by atoms with Crippen LogP contribution in [-0.4, -0.2) is 44.8 Å². The summed E-state index contributed by atoms with van der Waals surface area (Å²) in [5, 5.41) is 0. The van der Waals surface area contributed by atoms with E-state index in [2.05, 4.69) is 9.47 Å². The van der Waals surface area contributed by atoms with Gasteiger partial charge in [-0.15, -0.1) is 0 Å². The van der Waals surface area contributed by atoms with E-state index in [4.69, 9.17) is 0 Å². The van der Waals surface area contributed by atoms with E-state index in [1.807, 2.05) is 0 Å². The van der Waals surface area contributed by atoms with Crippen LogP contribution in [0, 0.1) is 0 Å². The monoisotopic (exact) mass is 422 g/mol. The number of ether oxygens (including phenoxy) is 2. The molecule has 0 heterocycles. The van der Waals surface area contributed by atoms with Crippen LogP contribution in [0.1, 0.15) is 0 Å². The molecule has 0 bridgehead atoms. The second-order valence-electron chi connectivity index (χ2n) is 5.06. The Morgan fingerprint density at radius 2 is 1.00 bits per heavy atom. The SMILES string of the molecule is Bc1cccc(OC(C(F)(F)F)C(F)(F)F)c1OC(C(F)(F)F)C(F)(F)F. The summed E-state index contributed by atoms with van der Waals surface area (Å²) in [6.45, 7) is 0. The molecule has 154 valence electrons. The molecule has 0 N–H and O–H groups in total. The van der Waals surface area contributed by atoms with Crippen molar-refractivity contribution in [1.82, 2.24) is 0 Å². The van der Waals surface area contributed by atoms with Gasteiger partial charge in [0.2, 0.25) is 0 Å². The lowest BCUT2D eigenvalue weighted by Gasteiger charge is -2.28. The Morgan fingerprint density at radius 3 is 1.37 bits per heavy atom. The normalized spacial score (nSPS) is 14.0. The zero-order valence-corrected chi connectivity index (χ0v) is 12.7. The summed E-state index contributed by atoms with van der Waals surface area (Å²) in [6, 6.07) is 1.89. The molecule has 27 heavy (non-hydrogen) atoms. The minimum absolute atomic E-state index is 0.316. The van der Waals surface area contributed by atoms with Gasteiger partial charge >= 0.3 is 24.7 Å². The first-order chi connectivity index (χ1) is 11.8. The molecule has 2 nitrogen and oxygen atoms in total. The Labute approximate surface area is 143 Å². The largest absolute Gasteiger partial charge is 0.468 e. The van der Waals surface area contributed by atoms with Crippen LogP contribution >= 0.6 is 0 Å². The van der Waals surface area contributed by atoms with Gasteiger partial charge in [-0.1, -0.05) is 12.1 Å². The van der Waals surface area contributed by atoms with Crippen LogP contribution in [-0.2, 0) is 0 Å². The topological polar surface area (TPSA) is 18.5 Å². The van der Waals surface area contributed by atoms with Gasteiger partial charge in [-0.05, 0) is 11.5 Å². The molecule has 1 aromatic carbocycles. The fourth-order valence-electron chi connectivity index (χ4n) is 1.75. The maximum absolute atomic E-state index is 12.6. The number of halogens is 12. The summed E-state index contributed by atoms with van der Waals surface area (Å²) in [6.07, 6.45) is -33.2. The molecule has 0 aromatic heterocycles. The van der Waals surface area contributed by atoms with Crippen LogP contribution in [0.4, 0.5) is 52.7 Å². The van der Waals surface area contributed by atoms with Crippen LogP contribution in [0.3, 0.4) is 0 Å². The summed E-state index contributed by atoms with van der Waals surface area (Å²) in [7, 11) is 0.808. The molecule has 0 amide bonds. The fourth-order valence-corrected chi connectivity index (χ4v) is 1.75. The molecular formula is C12H7BF12O2. The lowest BCUT2D eigenvalue weighted by molar-refractivity contribution is -0.305. The smallest absolute Gasteiger partial charge is 0.434 e. The van der Waals surface area contributed by atoms with Crippen molar-refractivity contribution in [2.75, 3.05) is 0 Å². The summed E-state index contributed by atoms with van der Waals surface area (Å²) >= 11 is 0. The lowest BCUT2D eigenvalue weighted by Crippen LogP contribution is -2.48. The molecule has 1 rings (SSSR count). The predicted molar refractivity (Wildman–Crippen MR) is 67.7 cm³/mol. The van der Waals surface area contributed by atoms with Crippen LogP contribution in [0.15, 0.2) is 18.2 Å². The van der Waals surface area contributed by atoms with Gasteiger partial charge in [0.1, 0.15) is 7.85 Å². The third-order valence-electron chi connectivity index (χ3n) is 2.85. The number of alkyl halides is 12. The first-order valence-electron chi connectivity index (χ1n) is 6.55. The Balaban J connectivity index is 3.40. The van der Waals surface area contributed by atoms with E-state index in [1.54, 1.807) is 0 Å². The number of hydrogen-bond acceptors (Lipinski definition) is 2. The molecule has 0 aliphatic carbocycles. The minimum atomic E-state index is -6.05. The average molecular weight is 422 g/mol. The standard InChI is InChI=1S/C12H7BF12O2/c13-4-2-1-3-5(26-7(9(14,15)16)10(17,18)19)6(4)27-8(11(20,21)22)12(23,24)25/h1-3,7-8H,13H2. The number of benzene rings is 1. The van der Waals surface area contributed by atoms with Gasteiger partial charge in [0.05, 0.1) is 0 Å². The van der Waals surface area contributed by atoms with Crippen molar-refractivity contribution in [3.05, 3.63) is 18.2 Å². The summed E-state index contributed by atoms with van der Waals surface area (Å²) in [5.41, 5.74) is -0.617. The zero-order chi connectivity index (χ0) is 21.4. The molecule has 15 heteroatoms. The summed E-state index contributed by atoms with van der Waals surface area (Å²) in [4.78, 5) is 0. The van der Waals surface area contributed by atoms with Crippen molar-refractivity contribution < 1.29 is 62.2 Å². The third-order valence-corrected chi connectivity index (χ3v) is 2.85. The first-order valence-corrected chi connectivity index (χ1v) is 6.55. The van der Waals surface area contributed by atoms with Crippen molar-refractivity contribution in [2.45, 2.75) is 36.9 Å². The molecule has 0 aliphatic heterocycles. The maximum atomic E-state index is 12.6. The number of rotatable bonds is 4. The molecule has 0 atom stereocenters. The molecule has 0 radical (unpaired) electrons. The van der Waals surface area contributed by atoms with Crippen LogP contribution in [0.25, 0.3) is 0 Å². The van der Waals surface area contributed by atoms with Crippen LogP contribution < -0.4 is 14.9 Å². The number of para-hydroxylation sites is 1. The van der Waals surface area contributed by atoms with Gasteiger partial charge in [-0.2, -0.15) is 52.7 Å². The van der Waals surface area contributed by atoms with Gasteiger partial charge in [0.15, 0.2) is 11.5 Å². The summed E-state index contributed by atoms with van der Waals surface area (Å²) in [5.74, 6) is -3.15. The van der Waals surface area contributed by atoms with Gasteiger partial charge < -0.3 is 9.47 Å². The predicted octanol–water partition coefficient (Wildman–Crippen LogP) is 3.69. The molecule has 0 unspecified atom stereocenters. The molecule has 0 saturated carbocycles. The Hall–Kier alpha value is -1.96. The van der Waals surface area contributed by atoms with Gasteiger partial charge in [0.25, 0.3) is 12.2 Å². The van der Waals surface area contributed by atoms with E-state index in [9.17, 15) is 52.7 Å². The van der Waals surface area contributed by atoms with Crippen LogP contribution in [0.5, 0.6) is 11.5 Å². The molecule has 0 aliphatic rings. The highest BCUT2D eigenvalue weighted by Gasteiger charge is 2.61. The molecular weight excluding hydrogens is 415 g/mol. The highest BCUT2D eigenvalue weighted by atomic mass is 19.4. The second-order valence-corrected chi connectivity index (χ2v) is 5.06. The van der Waals surface area contributed by atoms with Crippen molar-refractivity contribution in [1.29, 1.82) is 0 Å². The molecule has 0 saturated heterocycles. The summed E-state index contributed by atoms with van der Waals surface area (Å²) < 4.78 is 158. The van der Waals surface area contributed by atoms with Crippen molar-refractivity contribution in [2.24, 2.45) is 0 Å².